The van der Waals surface area contributed by atoms with Crippen molar-refractivity contribution in [2.24, 2.45) is 0 Å². The van der Waals surface area contributed by atoms with Crippen molar-refractivity contribution in [3.63, 3.8) is 0 Å². The van der Waals surface area contributed by atoms with E-state index < -0.39 is 0 Å². The molecule has 0 heterocycles. The van der Waals surface area contributed by atoms with E-state index in [9.17, 15) is 0 Å². The van der Waals surface area contributed by atoms with Gasteiger partial charge in [0, 0.05) is 0 Å². The number of hydrogen-bond acceptors (Lipinski definition) is 0. The summed E-state index contributed by atoms with van der Waals surface area (Å²) in [4.78, 5) is 0. The lowest BCUT2D eigenvalue weighted by molar-refractivity contribution is 0.795. The third-order valence-corrected chi connectivity index (χ3v) is 1.66. The highest BCUT2D eigenvalue weighted by atomic mass is 127. The molecule has 0 nitrogen and oxygen atoms in total. The standard InChI is InChI=1S/C10H14.HI/c1-2-3-7-10-8-5-4-6-9-10;/h4-6,8-9H,2-3,7H2,1H3;1H. The number of hydrogen-bond donors (Lipinski definition) is 0. The molecule has 0 aromatic heterocycles. The van der Waals surface area contributed by atoms with E-state index in [-0.39, 0.29) is 24.0 Å². The Balaban J connectivity index is 0.000001000. The largest absolute Gasteiger partial charge is 0.107 e. The van der Waals surface area contributed by atoms with Crippen LogP contribution in [0.4, 0.5) is 0 Å². The van der Waals surface area contributed by atoms with Gasteiger partial charge < -0.3 is 0 Å². The van der Waals surface area contributed by atoms with Crippen molar-refractivity contribution in [1.82, 2.24) is 0 Å². The molecule has 0 bridgehead atoms. The van der Waals surface area contributed by atoms with Crippen molar-refractivity contribution in [3.8, 4) is 0 Å². The van der Waals surface area contributed by atoms with Gasteiger partial charge in [0.25, 0.3) is 0 Å². The molecule has 0 N–H and O–H groups in total. The third-order valence-electron chi connectivity index (χ3n) is 1.66. The summed E-state index contributed by atoms with van der Waals surface area (Å²) in [5.41, 5.74) is 1.46. The van der Waals surface area contributed by atoms with E-state index in [1.54, 1.807) is 0 Å². The van der Waals surface area contributed by atoms with Crippen molar-refractivity contribution in [3.05, 3.63) is 35.9 Å². The SMILES string of the molecule is CCCCc1ccccc1.I. The number of rotatable bonds is 3. The van der Waals surface area contributed by atoms with Crippen LogP contribution in [0.15, 0.2) is 30.3 Å². The van der Waals surface area contributed by atoms with Crippen LogP contribution in [0.5, 0.6) is 0 Å². The van der Waals surface area contributed by atoms with Crippen LogP contribution in [0, 0.1) is 0 Å². The number of unbranched alkanes of at least 4 members (excludes halogenated alkanes) is 1. The molecule has 0 saturated carbocycles. The molecule has 11 heavy (non-hydrogen) atoms. The Kier molecular flexibility index (Phi) is 6.62. The van der Waals surface area contributed by atoms with Crippen molar-refractivity contribution in [2.75, 3.05) is 0 Å². The Hall–Kier alpha value is -0.0500. The molecule has 0 amide bonds. The van der Waals surface area contributed by atoms with Gasteiger partial charge in [0.15, 0.2) is 0 Å². The van der Waals surface area contributed by atoms with Gasteiger partial charge in [0.05, 0.1) is 0 Å². The maximum absolute atomic E-state index is 2.23. The Morgan fingerprint density at radius 3 is 2.27 bits per heavy atom. The maximum Gasteiger partial charge on any atom is -0.0279 e. The molecule has 62 valence electrons. The van der Waals surface area contributed by atoms with Crippen molar-refractivity contribution < 1.29 is 0 Å². The summed E-state index contributed by atoms with van der Waals surface area (Å²) in [5.74, 6) is 0. The van der Waals surface area contributed by atoms with E-state index in [1.807, 2.05) is 0 Å². The molecule has 0 radical (unpaired) electrons. The predicted octanol–water partition coefficient (Wildman–Crippen LogP) is 3.65. The predicted molar refractivity (Wildman–Crippen MR) is 60.5 cm³/mol. The Morgan fingerprint density at radius 2 is 1.73 bits per heavy atom. The molecular formula is C10H15I. The zero-order valence-corrected chi connectivity index (χ0v) is 9.25. The minimum Gasteiger partial charge on any atom is -0.107 e. The summed E-state index contributed by atoms with van der Waals surface area (Å²) in [6, 6.07) is 10.6. The van der Waals surface area contributed by atoms with E-state index >= 15 is 0 Å². The van der Waals surface area contributed by atoms with Crippen molar-refractivity contribution >= 4 is 24.0 Å². The van der Waals surface area contributed by atoms with E-state index in [1.165, 1.54) is 24.8 Å². The highest BCUT2D eigenvalue weighted by Crippen LogP contribution is 2.03. The van der Waals surface area contributed by atoms with Crippen LogP contribution in [0.25, 0.3) is 0 Å². The zero-order chi connectivity index (χ0) is 7.23. The van der Waals surface area contributed by atoms with Gasteiger partial charge in [-0.1, -0.05) is 43.7 Å². The minimum atomic E-state index is 0. The molecule has 0 spiro atoms. The van der Waals surface area contributed by atoms with E-state index in [4.69, 9.17) is 0 Å². The van der Waals surface area contributed by atoms with Gasteiger partial charge in [-0.3, -0.25) is 0 Å². The lowest BCUT2D eigenvalue weighted by Gasteiger charge is -1.96. The summed E-state index contributed by atoms with van der Waals surface area (Å²) < 4.78 is 0. The van der Waals surface area contributed by atoms with Crippen LogP contribution in [-0.2, 0) is 6.42 Å². The van der Waals surface area contributed by atoms with E-state index in [2.05, 4.69) is 37.3 Å². The first-order valence-electron chi connectivity index (χ1n) is 3.97. The molecule has 1 rings (SSSR count). The van der Waals surface area contributed by atoms with E-state index in [0.717, 1.165) is 0 Å². The topological polar surface area (TPSA) is 0 Å². The normalized spacial score (nSPS) is 8.82. The van der Waals surface area contributed by atoms with Gasteiger partial charge in [0.2, 0.25) is 0 Å². The lowest BCUT2D eigenvalue weighted by Crippen LogP contribution is -1.81. The second kappa shape index (κ2) is 6.65. The molecule has 0 fully saturated rings. The molecule has 1 aromatic carbocycles. The number of halogens is 1. The molecule has 0 atom stereocenters. The molecule has 0 aliphatic heterocycles. The zero-order valence-electron chi connectivity index (χ0n) is 6.92. The highest BCUT2D eigenvalue weighted by Gasteiger charge is 1.87. The van der Waals surface area contributed by atoms with Gasteiger partial charge in [-0.05, 0) is 18.4 Å². The van der Waals surface area contributed by atoms with Gasteiger partial charge >= 0.3 is 0 Å². The monoisotopic (exact) mass is 262 g/mol. The fourth-order valence-electron chi connectivity index (χ4n) is 1.03. The smallest absolute Gasteiger partial charge is 0.0279 e. The van der Waals surface area contributed by atoms with Crippen LogP contribution in [0.3, 0.4) is 0 Å². The molecule has 0 aliphatic carbocycles. The molecule has 1 heteroatoms. The van der Waals surface area contributed by atoms with Crippen LogP contribution in [0.1, 0.15) is 25.3 Å². The summed E-state index contributed by atoms with van der Waals surface area (Å²) in [6.07, 6.45) is 3.83. The molecular weight excluding hydrogens is 247 g/mol. The molecule has 0 unspecified atom stereocenters. The van der Waals surface area contributed by atoms with Crippen LogP contribution >= 0.6 is 24.0 Å². The second-order valence-electron chi connectivity index (χ2n) is 2.59. The Labute approximate surface area is 86.0 Å². The quantitative estimate of drug-likeness (QED) is 0.729. The summed E-state index contributed by atoms with van der Waals surface area (Å²) in [7, 11) is 0. The first-order valence-corrected chi connectivity index (χ1v) is 3.97. The van der Waals surface area contributed by atoms with Gasteiger partial charge in [0.1, 0.15) is 0 Å². The molecule has 1 aromatic rings. The number of aryl methyl sites for hydroxylation is 1. The van der Waals surface area contributed by atoms with E-state index in [0.29, 0.717) is 0 Å². The Bertz CT molecular complexity index is 169. The third kappa shape index (κ3) is 4.40. The first-order chi connectivity index (χ1) is 4.93. The van der Waals surface area contributed by atoms with Gasteiger partial charge in [-0.25, -0.2) is 0 Å². The van der Waals surface area contributed by atoms with Crippen molar-refractivity contribution in [2.45, 2.75) is 26.2 Å². The summed E-state index contributed by atoms with van der Waals surface area (Å²) >= 11 is 0. The Morgan fingerprint density at radius 1 is 1.09 bits per heavy atom. The highest BCUT2D eigenvalue weighted by molar-refractivity contribution is 14.0. The second-order valence-corrected chi connectivity index (χ2v) is 2.59. The van der Waals surface area contributed by atoms with Gasteiger partial charge in [-0.2, -0.15) is 0 Å². The van der Waals surface area contributed by atoms with Crippen LogP contribution in [-0.4, -0.2) is 0 Å². The fraction of sp³-hybridized carbons (Fsp3) is 0.400. The van der Waals surface area contributed by atoms with Crippen LogP contribution in [0.2, 0.25) is 0 Å². The van der Waals surface area contributed by atoms with Gasteiger partial charge in [-0.15, -0.1) is 24.0 Å². The average molecular weight is 262 g/mol. The summed E-state index contributed by atoms with van der Waals surface area (Å²) in [5, 5.41) is 0. The fourth-order valence-corrected chi connectivity index (χ4v) is 1.03. The minimum absolute atomic E-state index is 0. The maximum atomic E-state index is 2.23. The summed E-state index contributed by atoms with van der Waals surface area (Å²) in [6.45, 7) is 2.23. The molecule has 0 saturated heterocycles. The lowest BCUT2D eigenvalue weighted by atomic mass is 10.1. The average Bonchev–Trinajstić information content (AvgIpc) is 2.03. The van der Waals surface area contributed by atoms with Crippen molar-refractivity contribution in [1.29, 1.82) is 0 Å². The molecule has 0 aliphatic rings. The number of benzene rings is 1. The first kappa shape index (κ1) is 11.0. The van der Waals surface area contributed by atoms with Crippen LogP contribution < -0.4 is 0 Å².